The predicted octanol–water partition coefficient (Wildman–Crippen LogP) is 0.201. The van der Waals surface area contributed by atoms with E-state index in [4.69, 9.17) is 5.73 Å². The fraction of sp³-hybridized carbons (Fsp3) is 0.111. The zero-order valence-corrected chi connectivity index (χ0v) is 8.57. The van der Waals surface area contributed by atoms with Crippen molar-refractivity contribution in [2.75, 3.05) is 5.73 Å². The molecule has 0 spiro atoms. The highest BCUT2D eigenvalue weighted by molar-refractivity contribution is 5.60. The smallest absolute Gasteiger partial charge is 0.239 e. The van der Waals surface area contributed by atoms with Crippen LogP contribution < -0.4 is 5.73 Å². The second-order valence-electron chi connectivity index (χ2n) is 3.41. The molecule has 0 amide bonds. The van der Waals surface area contributed by atoms with E-state index < -0.39 is 0 Å². The van der Waals surface area contributed by atoms with Gasteiger partial charge in [0, 0.05) is 12.4 Å². The van der Waals surface area contributed by atoms with E-state index >= 15 is 0 Å². The molecule has 3 aromatic heterocycles. The Morgan fingerprint density at radius 1 is 1.25 bits per heavy atom. The topological polar surface area (TPSA) is 86.9 Å². The van der Waals surface area contributed by atoms with Gasteiger partial charge in [0.05, 0.1) is 5.69 Å². The summed E-state index contributed by atoms with van der Waals surface area (Å²) in [5.74, 6) is 0.882. The molecule has 7 heteroatoms. The first-order chi connectivity index (χ1) is 7.74. The zero-order valence-electron chi connectivity index (χ0n) is 8.57. The maximum absolute atomic E-state index is 5.47. The van der Waals surface area contributed by atoms with E-state index in [9.17, 15) is 0 Å². The van der Waals surface area contributed by atoms with Crippen LogP contribution in [0.3, 0.4) is 0 Å². The van der Waals surface area contributed by atoms with Gasteiger partial charge in [-0.15, -0.1) is 5.10 Å². The number of rotatable bonds is 1. The van der Waals surface area contributed by atoms with Crippen molar-refractivity contribution in [3.8, 4) is 5.82 Å². The van der Waals surface area contributed by atoms with Gasteiger partial charge in [-0.1, -0.05) is 0 Å². The fourth-order valence-electron chi connectivity index (χ4n) is 1.58. The first kappa shape index (κ1) is 8.84. The third-order valence-electron chi connectivity index (χ3n) is 2.22. The van der Waals surface area contributed by atoms with Crippen molar-refractivity contribution in [3.05, 3.63) is 30.5 Å². The highest BCUT2D eigenvalue weighted by Gasteiger charge is 2.08. The van der Waals surface area contributed by atoms with Crippen LogP contribution in [-0.2, 0) is 0 Å². The van der Waals surface area contributed by atoms with Crippen LogP contribution in [0.4, 0.5) is 5.95 Å². The maximum atomic E-state index is 5.47. The van der Waals surface area contributed by atoms with Crippen LogP contribution >= 0.6 is 0 Å². The van der Waals surface area contributed by atoms with Crippen molar-refractivity contribution in [2.24, 2.45) is 0 Å². The Morgan fingerprint density at radius 2 is 2.12 bits per heavy atom. The van der Waals surface area contributed by atoms with Crippen LogP contribution in [0, 0.1) is 6.92 Å². The minimum absolute atomic E-state index is 0.222. The minimum Gasteiger partial charge on any atom is -0.366 e. The minimum atomic E-state index is 0.222. The molecule has 3 rings (SSSR count). The molecule has 0 aliphatic heterocycles. The van der Waals surface area contributed by atoms with Crippen LogP contribution in [0.25, 0.3) is 11.3 Å². The van der Waals surface area contributed by atoms with Crippen LogP contribution in [0.5, 0.6) is 0 Å². The SMILES string of the molecule is Cc1cc2c(-n3cnc(N)n3)nccn2n1. The lowest BCUT2D eigenvalue weighted by Gasteiger charge is -2.00. The summed E-state index contributed by atoms with van der Waals surface area (Å²) in [7, 11) is 0. The van der Waals surface area contributed by atoms with Crippen molar-refractivity contribution >= 4 is 11.5 Å². The van der Waals surface area contributed by atoms with Gasteiger partial charge < -0.3 is 5.73 Å². The molecule has 2 N–H and O–H groups in total. The molecule has 80 valence electrons. The van der Waals surface area contributed by atoms with Gasteiger partial charge in [-0.05, 0) is 13.0 Å². The normalized spacial score (nSPS) is 11.1. The summed E-state index contributed by atoms with van der Waals surface area (Å²) in [4.78, 5) is 8.11. The number of aromatic nitrogens is 6. The number of hydrogen-bond acceptors (Lipinski definition) is 5. The van der Waals surface area contributed by atoms with E-state index in [2.05, 4.69) is 20.2 Å². The Morgan fingerprint density at radius 3 is 2.88 bits per heavy atom. The summed E-state index contributed by atoms with van der Waals surface area (Å²) in [5, 5.41) is 8.31. The molecule has 0 bridgehead atoms. The number of nitrogens with two attached hydrogens (primary N) is 1. The number of hydrogen-bond donors (Lipinski definition) is 1. The van der Waals surface area contributed by atoms with Gasteiger partial charge in [0.2, 0.25) is 5.95 Å². The Balaban J connectivity index is 2.30. The van der Waals surface area contributed by atoms with Gasteiger partial charge in [0.15, 0.2) is 5.82 Å². The molecule has 7 nitrogen and oxygen atoms in total. The van der Waals surface area contributed by atoms with Gasteiger partial charge in [0.25, 0.3) is 0 Å². The predicted molar refractivity (Wildman–Crippen MR) is 57.1 cm³/mol. The lowest BCUT2D eigenvalue weighted by molar-refractivity contribution is 0.831. The van der Waals surface area contributed by atoms with Crippen molar-refractivity contribution < 1.29 is 0 Å². The molecular weight excluding hydrogens is 206 g/mol. The molecule has 0 fully saturated rings. The molecule has 0 aliphatic rings. The van der Waals surface area contributed by atoms with Crippen molar-refractivity contribution in [3.63, 3.8) is 0 Å². The third-order valence-corrected chi connectivity index (χ3v) is 2.22. The lowest BCUT2D eigenvalue weighted by Crippen LogP contribution is -2.02. The average molecular weight is 215 g/mol. The number of aryl methyl sites for hydroxylation is 1. The zero-order chi connectivity index (χ0) is 11.1. The van der Waals surface area contributed by atoms with Gasteiger partial charge >= 0.3 is 0 Å². The largest absolute Gasteiger partial charge is 0.366 e. The molecular formula is C9H9N7. The van der Waals surface area contributed by atoms with Crippen molar-refractivity contribution in [1.82, 2.24) is 29.4 Å². The van der Waals surface area contributed by atoms with E-state index in [0.29, 0.717) is 5.82 Å². The number of anilines is 1. The van der Waals surface area contributed by atoms with Gasteiger partial charge in [-0.25, -0.2) is 14.5 Å². The first-order valence-corrected chi connectivity index (χ1v) is 4.72. The number of nitrogen functional groups attached to an aromatic ring is 1. The van der Waals surface area contributed by atoms with Crippen LogP contribution in [-0.4, -0.2) is 29.4 Å². The maximum Gasteiger partial charge on any atom is 0.239 e. The molecule has 16 heavy (non-hydrogen) atoms. The monoisotopic (exact) mass is 215 g/mol. The molecule has 0 saturated carbocycles. The average Bonchev–Trinajstić information content (AvgIpc) is 2.82. The summed E-state index contributed by atoms with van der Waals surface area (Å²) in [5.41, 5.74) is 7.26. The molecule has 0 aromatic carbocycles. The van der Waals surface area contributed by atoms with Gasteiger partial charge in [0.1, 0.15) is 11.8 Å². The molecule has 0 unspecified atom stereocenters. The number of nitrogens with zero attached hydrogens (tertiary/aromatic N) is 6. The Bertz CT molecular complexity index is 651. The van der Waals surface area contributed by atoms with E-state index in [1.807, 2.05) is 13.0 Å². The molecule has 0 aliphatic carbocycles. The van der Waals surface area contributed by atoms with E-state index in [-0.39, 0.29) is 5.95 Å². The van der Waals surface area contributed by atoms with Gasteiger partial charge in [-0.2, -0.15) is 9.78 Å². The molecule has 0 radical (unpaired) electrons. The number of fused-ring (bicyclic) bond motifs is 1. The molecule has 3 aromatic rings. The quantitative estimate of drug-likeness (QED) is 0.626. The summed E-state index contributed by atoms with van der Waals surface area (Å²) >= 11 is 0. The molecule has 3 heterocycles. The van der Waals surface area contributed by atoms with Crippen molar-refractivity contribution in [1.29, 1.82) is 0 Å². The van der Waals surface area contributed by atoms with Crippen LogP contribution in [0.15, 0.2) is 24.8 Å². The van der Waals surface area contributed by atoms with Gasteiger partial charge in [-0.3, -0.25) is 0 Å². The third kappa shape index (κ3) is 1.22. The summed E-state index contributed by atoms with van der Waals surface area (Å²) < 4.78 is 3.28. The molecule has 0 saturated heterocycles. The Kier molecular flexibility index (Phi) is 1.67. The first-order valence-electron chi connectivity index (χ1n) is 4.72. The fourth-order valence-corrected chi connectivity index (χ4v) is 1.58. The Labute approximate surface area is 90.5 Å². The van der Waals surface area contributed by atoms with E-state index in [1.54, 1.807) is 16.9 Å². The van der Waals surface area contributed by atoms with Crippen molar-refractivity contribution in [2.45, 2.75) is 6.92 Å². The summed E-state index contributed by atoms with van der Waals surface area (Å²) in [6.07, 6.45) is 4.97. The highest BCUT2D eigenvalue weighted by atomic mass is 15.4. The highest BCUT2D eigenvalue weighted by Crippen LogP contribution is 2.13. The van der Waals surface area contributed by atoms with Crippen LogP contribution in [0.1, 0.15) is 5.69 Å². The second kappa shape index (κ2) is 3.02. The van der Waals surface area contributed by atoms with E-state index in [1.165, 1.54) is 11.0 Å². The lowest BCUT2D eigenvalue weighted by atomic mass is 10.4. The standard InChI is InChI=1S/C9H9N7/c1-6-4-7-8(11-2-3-15(7)13-6)16-5-12-9(10)14-16/h2-5H,1H3,(H2,10,14). The summed E-state index contributed by atoms with van der Waals surface area (Å²) in [6, 6.07) is 1.93. The summed E-state index contributed by atoms with van der Waals surface area (Å²) in [6.45, 7) is 1.92. The Hall–Kier alpha value is -2.44. The van der Waals surface area contributed by atoms with Crippen LogP contribution in [0.2, 0.25) is 0 Å². The van der Waals surface area contributed by atoms with E-state index in [0.717, 1.165) is 11.2 Å². The molecule has 0 atom stereocenters. The second-order valence-corrected chi connectivity index (χ2v) is 3.41.